The molecule has 1 aromatic carbocycles. The standard InChI is InChI=1S/C12H10FIN2O2/c13-10-3-1-7(5-9(10)12(15)17)16-6-8-2-4-11(14)18-8/h1-5,16H,6H2,(H2,15,17). The van der Waals surface area contributed by atoms with E-state index in [-0.39, 0.29) is 5.56 Å². The highest BCUT2D eigenvalue weighted by Gasteiger charge is 2.09. The highest BCUT2D eigenvalue weighted by atomic mass is 127. The predicted octanol–water partition coefficient (Wildman–Crippen LogP) is 2.73. The number of nitrogens with two attached hydrogens (primary N) is 1. The van der Waals surface area contributed by atoms with E-state index in [1.54, 1.807) is 0 Å². The first-order valence-corrected chi connectivity index (χ1v) is 6.21. The molecule has 0 bridgehead atoms. The number of nitrogens with one attached hydrogen (secondary N) is 1. The molecule has 2 aromatic rings. The van der Waals surface area contributed by atoms with Gasteiger partial charge in [-0.25, -0.2) is 4.39 Å². The lowest BCUT2D eigenvalue weighted by atomic mass is 10.2. The molecule has 3 N–H and O–H groups in total. The quantitative estimate of drug-likeness (QED) is 0.824. The predicted molar refractivity (Wildman–Crippen MR) is 73.7 cm³/mol. The Morgan fingerprint density at radius 1 is 1.39 bits per heavy atom. The molecule has 2 rings (SSSR count). The van der Waals surface area contributed by atoms with Gasteiger partial charge in [0, 0.05) is 5.69 Å². The van der Waals surface area contributed by atoms with Gasteiger partial charge >= 0.3 is 0 Å². The van der Waals surface area contributed by atoms with Crippen LogP contribution in [0.3, 0.4) is 0 Å². The second kappa shape index (κ2) is 5.38. The molecule has 94 valence electrons. The maximum Gasteiger partial charge on any atom is 0.251 e. The third-order valence-corrected chi connectivity index (χ3v) is 2.91. The molecule has 18 heavy (non-hydrogen) atoms. The van der Waals surface area contributed by atoms with Crippen molar-refractivity contribution in [1.29, 1.82) is 0 Å². The minimum absolute atomic E-state index is 0.131. The second-order valence-electron chi connectivity index (χ2n) is 3.62. The van der Waals surface area contributed by atoms with Gasteiger partial charge in [-0.2, -0.15) is 0 Å². The Hall–Kier alpha value is -1.57. The molecule has 1 amide bonds. The summed E-state index contributed by atoms with van der Waals surface area (Å²) in [7, 11) is 0. The largest absolute Gasteiger partial charge is 0.454 e. The zero-order valence-corrected chi connectivity index (χ0v) is 11.4. The first kappa shape index (κ1) is 12.9. The number of carbonyl (C=O) groups is 1. The average Bonchev–Trinajstić information content (AvgIpc) is 2.74. The summed E-state index contributed by atoms with van der Waals surface area (Å²) in [5.41, 5.74) is 5.55. The molecule has 0 aliphatic heterocycles. The van der Waals surface area contributed by atoms with Crippen molar-refractivity contribution in [2.75, 3.05) is 5.32 Å². The van der Waals surface area contributed by atoms with Crippen molar-refractivity contribution >= 4 is 34.2 Å². The molecule has 0 aliphatic carbocycles. The fourth-order valence-electron chi connectivity index (χ4n) is 1.46. The van der Waals surface area contributed by atoms with Gasteiger partial charge in [0.25, 0.3) is 5.91 Å². The normalized spacial score (nSPS) is 10.3. The van der Waals surface area contributed by atoms with Crippen LogP contribution in [-0.2, 0) is 6.54 Å². The summed E-state index contributed by atoms with van der Waals surface area (Å²) in [6, 6.07) is 7.81. The van der Waals surface area contributed by atoms with Crippen molar-refractivity contribution in [3.8, 4) is 0 Å². The number of amides is 1. The van der Waals surface area contributed by atoms with Gasteiger partial charge in [-0.15, -0.1) is 0 Å². The van der Waals surface area contributed by atoms with E-state index in [1.807, 2.05) is 12.1 Å². The number of carbonyl (C=O) groups excluding carboxylic acids is 1. The Bertz CT molecular complexity index is 583. The van der Waals surface area contributed by atoms with Crippen LogP contribution < -0.4 is 11.1 Å². The number of rotatable bonds is 4. The Morgan fingerprint density at radius 2 is 2.17 bits per heavy atom. The van der Waals surface area contributed by atoms with E-state index < -0.39 is 11.7 Å². The summed E-state index contributed by atoms with van der Waals surface area (Å²) < 4.78 is 19.4. The topological polar surface area (TPSA) is 68.3 Å². The van der Waals surface area contributed by atoms with E-state index in [9.17, 15) is 9.18 Å². The lowest BCUT2D eigenvalue weighted by molar-refractivity contribution is 0.0996. The highest BCUT2D eigenvalue weighted by molar-refractivity contribution is 14.1. The zero-order chi connectivity index (χ0) is 13.1. The van der Waals surface area contributed by atoms with E-state index in [1.165, 1.54) is 18.2 Å². The van der Waals surface area contributed by atoms with Crippen molar-refractivity contribution in [3.05, 3.63) is 51.2 Å². The molecule has 1 heterocycles. The molecule has 4 nitrogen and oxygen atoms in total. The molecule has 0 saturated heterocycles. The summed E-state index contributed by atoms with van der Waals surface area (Å²) >= 11 is 2.07. The third kappa shape index (κ3) is 3.00. The number of primary amides is 1. The van der Waals surface area contributed by atoms with Gasteiger partial charge < -0.3 is 15.5 Å². The fourth-order valence-corrected chi connectivity index (χ4v) is 1.92. The Labute approximate surface area is 116 Å². The van der Waals surface area contributed by atoms with Crippen molar-refractivity contribution in [1.82, 2.24) is 0 Å². The zero-order valence-electron chi connectivity index (χ0n) is 9.24. The first-order valence-electron chi connectivity index (χ1n) is 5.13. The van der Waals surface area contributed by atoms with E-state index in [0.717, 1.165) is 9.53 Å². The third-order valence-electron chi connectivity index (χ3n) is 2.33. The molecule has 0 fully saturated rings. The monoisotopic (exact) mass is 360 g/mol. The van der Waals surface area contributed by atoms with Crippen LogP contribution in [0.15, 0.2) is 34.7 Å². The summed E-state index contributed by atoms with van der Waals surface area (Å²) in [5.74, 6) is -0.659. The molecule has 6 heteroatoms. The van der Waals surface area contributed by atoms with Gasteiger partial charge in [0.1, 0.15) is 11.6 Å². The average molecular weight is 360 g/mol. The second-order valence-corrected chi connectivity index (χ2v) is 4.68. The van der Waals surface area contributed by atoms with Gasteiger partial charge in [-0.05, 0) is 52.9 Å². The Kier molecular flexibility index (Phi) is 3.85. The van der Waals surface area contributed by atoms with Crippen LogP contribution >= 0.6 is 22.6 Å². The maximum atomic E-state index is 13.2. The fraction of sp³-hybridized carbons (Fsp3) is 0.0833. The van der Waals surface area contributed by atoms with Gasteiger partial charge in [-0.1, -0.05) is 0 Å². The molecule has 0 atom stereocenters. The SMILES string of the molecule is NC(=O)c1cc(NCc2ccc(I)o2)ccc1F. The molecule has 1 aromatic heterocycles. The molecule has 0 aliphatic rings. The molecule has 0 unspecified atom stereocenters. The molecule has 0 spiro atoms. The summed E-state index contributed by atoms with van der Waals surface area (Å²) in [4.78, 5) is 11.0. The van der Waals surface area contributed by atoms with Crippen molar-refractivity contribution in [2.24, 2.45) is 5.73 Å². The summed E-state index contributed by atoms with van der Waals surface area (Å²) in [5, 5.41) is 3.03. The Balaban J connectivity index is 2.10. The maximum absolute atomic E-state index is 13.2. The van der Waals surface area contributed by atoms with Crippen LogP contribution in [0, 0.1) is 9.58 Å². The smallest absolute Gasteiger partial charge is 0.251 e. The number of benzene rings is 1. The number of hydrogen-bond donors (Lipinski definition) is 2. The van der Waals surface area contributed by atoms with Crippen LogP contribution in [0.2, 0.25) is 0 Å². The summed E-state index contributed by atoms with van der Waals surface area (Å²) in [6.07, 6.45) is 0. The highest BCUT2D eigenvalue weighted by Crippen LogP contribution is 2.16. The molecule has 0 saturated carbocycles. The van der Waals surface area contributed by atoms with E-state index >= 15 is 0 Å². The van der Waals surface area contributed by atoms with Crippen molar-refractivity contribution in [3.63, 3.8) is 0 Å². The van der Waals surface area contributed by atoms with Gasteiger partial charge in [0.15, 0.2) is 3.77 Å². The van der Waals surface area contributed by atoms with Crippen LogP contribution in [0.1, 0.15) is 16.1 Å². The number of furan rings is 1. The number of hydrogen-bond acceptors (Lipinski definition) is 3. The van der Waals surface area contributed by atoms with Crippen LogP contribution in [0.25, 0.3) is 0 Å². The van der Waals surface area contributed by atoms with Gasteiger partial charge in [-0.3, -0.25) is 4.79 Å². The van der Waals surface area contributed by atoms with Crippen LogP contribution in [0.4, 0.5) is 10.1 Å². The molecule has 0 radical (unpaired) electrons. The van der Waals surface area contributed by atoms with E-state index in [2.05, 4.69) is 27.9 Å². The Morgan fingerprint density at radius 3 is 2.78 bits per heavy atom. The lowest BCUT2D eigenvalue weighted by Gasteiger charge is -2.06. The van der Waals surface area contributed by atoms with Crippen LogP contribution in [-0.4, -0.2) is 5.91 Å². The van der Waals surface area contributed by atoms with E-state index in [0.29, 0.717) is 12.2 Å². The van der Waals surface area contributed by atoms with Gasteiger partial charge in [0.2, 0.25) is 0 Å². The molecular weight excluding hydrogens is 350 g/mol. The van der Waals surface area contributed by atoms with Crippen molar-refractivity contribution < 1.29 is 13.6 Å². The number of halogens is 2. The summed E-state index contributed by atoms with van der Waals surface area (Å²) in [6.45, 7) is 0.451. The minimum Gasteiger partial charge on any atom is -0.454 e. The lowest BCUT2D eigenvalue weighted by Crippen LogP contribution is -2.13. The van der Waals surface area contributed by atoms with Crippen LogP contribution in [0.5, 0.6) is 0 Å². The van der Waals surface area contributed by atoms with Gasteiger partial charge in [0.05, 0.1) is 12.1 Å². The minimum atomic E-state index is -0.788. The van der Waals surface area contributed by atoms with E-state index in [4.69, 9.17) is 10.2 Å². The molecular formula is C12H10FIN2O2. The first-order chi connectivity index (χ1) is 8.56. The number of anilines is 1. The van der Waals surface area contributed by atoms with Crippen molar-refractivity contribution in [2.45, 2.75) is 6.54 Å².